The zero-order valence-electron chi connectivity index (χ0n) is 10.4. The lowest BCUT2D eigenvalue weighted by atomic mass is 10.1. The smallest absolute Gasteiger partial charge is 0.306 e. The first-order valence-electron chi connectivity index (χ1n) is 5.80. The zero-order chi connectivity index (χ0) is 13.1. The normalized spacial score (nSPS) is 12.3. The maximum absolute atomic E-state index is 10.8. The van der Waals surface area contributed by atoms with Crippen molar-refractivity contribution in [3.8, 4) is 11.3 Å². The highest BCUT2D eigenvalue weighted by Gasteiger charge is 2.14. The summed E-state index contributed by atoms with van der Waals surface area (Å²) in [6.07, 6.45) is 0.492. The van der Waals surface area contributed by atoms with Gasteiger partial charge in [-0.1, -0.05) is 36.8 Å². The highest BCUT2D eigenvalue weighted by atomic mass is 32.1. The van der Waals surface area contributed by atoms with Gasteiger partial charge in [-0.05, 0) is 6.92 Å². The average molecular weight is 261 g/mol. The summed E-state index contributed by atoms with van der Waals surface area (Å²) in [6.45, 7) is 3.75. The van der Waals surface area contributed by atoms with Crippen LogP contribution in [-0.4, -0.2) is 16.1 Å². The molecule has 1 heterocycles. The number of aryl methyl sites for hydroxylation is 1. The maximum Gasteiger partial charge on any atom is 0.306 e. The van der Waals surface area contributed by atoms with Crippen molar-refractivity contribution in [1.29, 1.82) is 0 Å². The van der Waals surface area contributed by atoms with Crippen molar-refractivity contribution < 1.29 is 9.90 Å². The Labute approximate surface area is 110 Å². The number of carbonyl (C=O) groups is 1. The first kappa shape index (κ1) is 12.8. The Morgan fingerprint density at radius 1 is 1.39 bits per heavy atom. The minimum atomic E-state index is -0.776. The molecule has 2 aromatic rings. The summed E-state index contributed by atoms with van der Waals surface area (Å²) in [5, 5.41) is 11.7. The summed E-state index contributed by atoms with van der Waals surface area (Å²) in [5.74, 6) is -1.16. The molecular formula is C14H15NO2S. The van der Waals surface area contributed by atoms with Gasteiger partial charge in [0.2, 0.25) is 0 Å². The monoisotopic (exact) mass is 261 g/mol. The van der Waals surface area contributed by atoms with Crippen LogP contribution in [0.1, 0.15) is 17.5 Å². The molecule has 4 heteroatoms. The molecule has 0 bridgehead atoms. The summed E-state index contributed by atoms with van der Waals surface area (Å²) in [4.78, 5) is 15.3. The Morgan fingerprint density at radius 3 is 2.67 bits per heavy atom. The van der Waals surface area contributed by atoms with Crippen LogP contribution in [0.5, 0.6) is 0 Å². The summed E-state index contributed by atoms with van der Waals surface area (Å²) in [5.41, 5.74) is 3.22. The van der Waals surface area contributed by atoms with Gasteiger partial charge in [0.05, 0.1) is 16.6 Å². The molecule has 0 spiro atoms. The van der Waals surface area contributed by atoms with Gasteiger partial charge in [-0.2, -0.15) is 0 Å². The number of hydrogen-bond donors (Lipinski definition) is 1. The third kappa shape index (κ3) is 2.96. The van der Waals surface area contributed by atoms with E-state index in [-0.39, 0.29) is 5.92 Å². The van der Waals surface area contributed by atoms with Gasteiger partial charge in [-0.25, -0.2) is 4.98 Å². The Bertz CT molecular complexity index is 545. The SMILES string of the molecule is Cc1ccc(-c2csc(CC(C)C(=O)O)n2)cc1. The Morgan fingerprint density at radius 2 is 2.06 bits per heavy atom. The van der Waals surface area contributed by atoms with Crippen LogP contribution >= 0.6 is 11.3 Å². The van der Waals surface area contributed by atoms with Crippen molar-refractivity contribution in [1.82, 2.24) is 4.98 Å². The van der Waals surface area contributed by atoms with Gasteiger partial charge in [0.1, 0.15) is 0 Å². The lowest BCUT2D eigenvalue weighted by molar-refractivity contribution is -0.141. The van der Waals surface area contributed by atoms with E-state index in [1.165, 1.54) is 16.9 Å². The first-order chi connectivity index (χ1) is 8.56. The number of thiazole rings is 1. The minimum absolute atomic E-state index is 0.387. The molecule has 18 heavy (non-hydrogen) atoms. The summed E-state index contributed by atoms with van der Waals surface area (Å²) in [7, 11) is 0. The second-order valence-electron chi connectivity index (χ2n) is 4.44. The molecule has 1 aromatic carbocycles. The molecule has 0 aliphatic heterocycles. The first-order valence-corrected chi connectivity index (χ1v) is 6.68. The van der Waals surface area contributed by atoms with Gasteiger partial charge in [-0.15, -0.1) is 11.3 Å². The van der Waals surface area contributed by atoms with Gasteiger partial charge in [0.15, 0.2) is 0 Å². The van der Waals surface area contributed by atoms with E-state index in [2.05, 4.69) is 4.98 Å². The van der Waals surface area contributed by atoms with Crippen LogP contribution in [0.25, 0.3) is 11.3 Å². The predicted octanol–water partition coefficient (Wildman–Crippen LogP) is 3.38. The van der Waals surface area contributed by atoms with E-state index in [0.717, 1.165) is 16.3 Å². The van der Waals surface area contributed by atoms with Crippen molar-refractivity contribution in [2.45, 2.75) is 20.3 Å². The standard InChI is InChI=1S/C14H15NO2S/c1-9-3-5-11(6-4-9)12-8-18-13(15-12)7-10(2)14(16)17/h3-6,8,10H,7H2,1-2H3,(H,16,17). The lowest BCUT2D eigenvalue weighted by Crippen LogP contribution is -2.11. The van der Waals surface area contributed by atoms with Crippen LogP contribution in [0.15, 0.2) is 29.6 Å². The Balaban J connectivity index is 2.15. The topological polar surface area (TPSA) is 50.2 Å². The van der Waals surface area contributed by atoms with Crippen LogP contribution in [-0.2, 0) is 11.2 Å². The molecule has 1 unspecified atom stereocenters. The van der Waals surface area contributed by atoms with Crippen molar-refractivity contribution in [3.63, 3.8) is 0 Å². The van der Waals surface area contributed by atoms with E-state index in [0.29, 0.717) is 6.42 Å². The number of aromatic nitrogens is 1. The van der Waals surface area contributed by atoms with Crippen LogP contribution in [0.2, 0.25) is 0 Å². The fourth-order valence-corrected chi connectivity index (χ4v) is 2.54. The largest absolute Gasteiger partial charge is 0.481 e. The van der Waals surface area contributed by atoms with Gasteiger partial charge in [0.25, 0.3) is 0 Å². The molecule has 1 atom stereocenters. The molecule has 1 N–H and O–H groups in total. The number of hydrogen-bond acceptors (Lipinski definition) is 3. The number of rotatable bonds is 4. The van der Waals surface area contributed by atoms with Gasteiger partial charge < -0.3 is 5.11 Å². The third-order valence-electron chi connectivity index (χ3n) is 2.80. The maximum atomic E-state index is 10.8. The van der Waals surface area contributed by atoms with E-state index in [1.54, 1.807) is 6.92 Å². The van der Waals surface area contributed by atoms with Crippen molar-refractivity contribution in [2.75, 3.05) is 0 Å². The summed E-state index contributed by atoms with van der Waals surface area (Å²) < 4.78 is 0. The molecule has 0 amide bonds. The van der Waals surface area contributed by atoms with Crippen LogP contribution < -0.4 is 0 Å². The average Bonchev–Trinajstić information content (AvgIpc) is 2.78. The van der Waals surface area contributed by atoms with Crippen LogP contribution in [0, 0.1) is 12.8 Å². The highest BCUT2D eigenvalue weighted by molar-refractivity contribution is 7.09. The number of carboxylic acids is 1. The number of aliphatic carboxylic acids is 1. The van der Waals surface area contributed by atoms with E-state index in [1.807, 2.05) is 36.6 Å². The van der Waals surface area contributed by atoms with Gasteiger partial charge in [-0.3, -0.25) is 4.79 Å². The zero-order valence-corrected chi connectivity index (χ0v) is 11.2. The molecule has 94 valence electrons. The molecule has 0 radical (unpaired) electrons. The Hall–Kier alpha value is -1.68. The fraction of sp³-hybridized carbons (Fsp3) is 0.286. The third-order valence-corrected chi connectivity index (χ3v) is 3.67. The summed E-state index contributed by atoms with van der Waals surface area (Å²) >= 11 is 1.52. The molecule has 1 aromatic heterocycles. The second-order valence-corrected chi connectivity index (χ2v) is 5.38. The predicted molar refractivity (Wildman–Crippen MR) is 72.8 cm³/mol. The van der Waals surface area contributed by atoms with Crippen molar-refractivity contribution >= 4 is 17.3 Å². The number of nitrogens with zero attached hydrogens (tertiary/aromatic N) is 1. The van der Waals surface area contributed by atoms with E-state index in [9.17, 15) is 4.79 Å². The van der Waals surface area contributed by atoms with Crippen LogP contribution in [0.4, 0.5) is 0 Å². The minimum Gasteiger partial charge on any atom is -0.481 e. The fourth-order valence-electron chi connectivity index (χ4n) is 1.61. The van der Waals surface area contributed by atoms with Gasteiger partial charge >= 0.3 is 5.97 Å². The molecule has 0 saturated carbocycles. The van der Waals surface area contributed by atoms with E-state index >= 15 is 0 Å². The molecule has 0 aliphatic carbocycles. The molecule has 0 aliphatic rings. The molecule has 0 fully saturated rings. The second kappa shape index (κ2) is 5.31. The van der Waals surface area contributed by atoms with E-state index < -0.39 is 5.97 Å². The quantitative estimate of drug-likeness (QED) is 0.917. The van der Waals surface area contributed by atoms with Gasteiger partial charge in [0, 0.05) is 17.4 Å². The molecule has 2 rings (SSSR count). The highest BCUT2D eigenvalue weighted by Crippen LogP contribution is 2.23. The summed E-state index contributed by atoms with van der Waals surface area (Å²) in [6, 6.07) is 8.17. The number of carboxylic acid groups (broad SMARTS) is 1. The van der Waals surface area contributed by atoms with Crippen LogP contribution in [0.3, 0.4) is 0 Å². The molecular weight excluding hydrogens is 246 g/mol. The molecule has 3 nitrogen and oxygen atoms in total. The Kier molecular flexibility index (Phi) is 3.77. The molecule has 0 saturated heterocycles. The lowest BCUT2D eigenvalue weighted by Gasteiger charge is -2.01. The number of benzene rings is 1. The van der Waals surface area contributed by atoms with Crippen molar-refractivity contribution in [3.05, 3.63) is 40.2 Å². The van der Waals surface area contributed by atoms with Crippen molar-refractivity contribution in [2.24, 2.45) is 5.92 Å². The van der Waals surface area contributed by atoms with E-state index in [4.69, 9.17) is 5.11 Å².